The van der Waals surface area contributed by atoms with Gasteiger partial charge in [-0.1, -0.05) is 32.4 Å². The van der Waals surface area contributed by atoms with Crippen molar-refractivity contribution in [2.75, 3.05) is 6.61 Å². The lowest BCUT2D eigenvalue weighted by atomic mass is 10.00. The molecule has 0 radical (unpaired) electrons. The molecule has 3 aromatic rings. The van der Waals surface area contributed by atoms with E-state index in [1.807, 2.05) is 18.2 Å². The van der Waals surface area contributed by atoms with E-state index in [0.717, 1.165) is 23.3 Å². The molecule has 0 amide bonds. The molecule has 0 saturated carbocycles. The first-order chi connectivity index (χ1) is 11.5. The molecule has 3 aromatic heterocycles. The minimum absolute atomic E-state index is 0.464. The van der Waals surface area contributed by atoms with Crippen LogP contribution in [-0.4, -0.2) is 26.2 Å². The molecule has 0 N–H and O–H groups in total. The highest BCUT2D eigenvalue weighted by atomic mass is 35.5. The topological polar surface area (TPSA) is 52.3 Å². The van der Waals surface area contributed by atoms with E-state index in [1.165, 1.54) is 0 Å². The van der Waals surface area contributed by atoms with Crippen LogP contribution in [0, 0.1) is 11.8 Å². The molecule has 5 nitrogen and oxygen atoms in total. The summed E-state index contributed by atoms with van der Waals surface area (Å²) in [6.07, 6.45) is 6.33. The van der Waals surface area contributed by atoms with Gasteiger partial charge in [0.05, 0.1) is 18.5 Å². The Kier molecular flexibility index (Phi) is 5.00. The van der Waals surface area contributed by atoms with Crippen molar-refractivity contribution in [1.29, 1.82) is 0 Å². The third-order valence-electron chi connectivity index (χ3n) is 3.77. The van der Waals surface area contributed by atoms with Gasteiger partial charge in [0.1, 0.15) is 5.02 Å². The number of hydrogen-bond donors (Lipinski definition) is 0. The lowest BCUT2D eigenvalue weighted by Gasteiger charge is -2.15. The molecule has 0 aliphatic rings. The van der Waals surface area contributed by atoms with Crippen molar-refractivity contribution in [2.24, 2.45) is 11.8 Å². The Balaban J connectivity index is 1.79. The third-order valence-corrected chi connectivity index (χ3v) is 4.04. The fourth-order valence-electron chi connectivity index (χ4n) is 2.82. The van der Waals surface area contributed by atoms with Gasteiger partial charge < -0.3 is 4.74 Å². The Morgan fingerprint density at radius 3 is 2.75 bits per heavy atom. The number of ether oxygens (including phenoxy) is 1. The summed E-state index contributed by atoms with van der Waals surface area (Å²) in [4.78, 5) is 8.64. The lowest BCUT2D eigenvalue weighted by Crippen LogP contribution is -2.11. The molecule has 3 rings (SSSR count). The normalized spacial score (nSPS) is 12.7. The van der Waals surface area contributed by atoms with Crippen molar-refractivity contribution < 1.29 is 4.74 Å². The SMILES string of the molecule is CC(C)C[C@@H](C)COc1ncc(-c2ccnc3ccnn23)cc1Cl. The van der Waals surface area contributed by atoms with Crippen LogP contribution < -0.4 is 4.74 Å². The summed E-state index contributed by atoms with van der Waals surface area (Å²) in [5.74, 6) is 1.59. The highest BCUT2D eigenvalue weighted by molar-refractivity contribution is 6.32. The summed E-state index contributed by atoms with van der Waals surface area (Å²) in [7, 11) is 0. The van der Waals surface area contributed by atoms with Crippen LogP contribution in [0.2, 0.25) is 5.02 Å². The molecule has 0 bridgehead atoms. The van der Waals surface area contributed by atoms with Crippen LogP contribution >= 0.6 is 11.6 Å². The predicted molar refractivity (Wildman–Crippen MR) is 95.3 cm³/mol. The highest BCUT2D eigenvalue weighted by Crippen LogP contribution is 2.28. The molecule has 0 aliphatic carbocycles. The van der Waals surface area contributed by atoms with Crippen LogP contribution in [-0.2, 0) is 0 Å². The summed E-state index contributed by atoms with van der Waals surface area (Å²) in [6.45, 7) is 7.21. The molecule has 3 heterocycles. The van der Waals surface area contributed by atoms with E-state index in [2.05, 4.69) is 35.8 Å². The van der Waals surface area contributed by atoms with E-state index >= 15 is 0 Å². The van der Waals surface area contributed by atoms with Crippen molar-refractivity contribution in [3.05, 3.63) is 41.8 Å². The van der Waals surface area contributed by atoms with Crippen LogP contribution in [0.4, 0.5) is 0 Å². The number of hydrogen-bond acceptors (Lipinski definition) is 4. The molecule has 0 aliphatic heterocycles. The molecular weight excluding hydrogens is 324 g/mol. The fraction of sp³-hybridized carbons (Fsp3) is 0.389. The summed E-state index contributed by atoms with van der Waals surface area (Å²) in [6, 6.07) is 5.60. The smallest absolute Gasteiger partial charge is 0.232 e. The van der Waals surface area contributed by atoms with Gasteiger partial charge >= 0.3 is 0 Å². The molecule has 0 saturated heterocycles. The number of aromatic nitrogens is 4. The van der Waals surface area contributed by atoms with Gasteiger partial charge in [-0.3, -0.25) is 0 Å². The van der Waals surface area contributed by atoms with Gasteiger partial charge in [0.25, 0.3) is 0 Å². The van der Waals surface area contributed by atoms with Crippen LogP contribution in [0.5, 0.6) is 5.88 Å². The number of nitrogens with zero attached hydrogens (tertiary/aromatic N) is 4. The van der Waals surface area contributed by atoms with Gasteiger partial charge in [-0.15, -0.1) is 0 Å². The Bertz CT molecular complexity index is 831. The zero-order valence-electron chi connectivity index (χ0n) is 14.1. The second kappa shape index (κ2) is 7.18. The van der Waals surface area contributed by atoms with E-state index in [9.17, 15) is 0 Å². The van der Waals surface area contributed by atoms with E-state index in [4.69, 9.17) is 16.3 Å². The maximum Gasteiger partial charge on any atom is 0.232 e. The van der Waals surface area contributed by atoms with Crippen molar-refractivity contribution in [1.82, 2.24) is 19.6 Å². The van der Waals surface area contributed by atoms with Gasteiger partial charge in [-0.05, 0) is 30.4 Å². The molecule has 0 fully saturated rings. The molecule has 24 heavy (non-hydrogen) atoms. The Morgan fingerprint density at radius 1 is 1.17 bits per heavy atom. The van der Waals surface area contributed by atoms with Gasteiger partial charge in [0.2, 0.25) is 5.88 Å². The van der Waals surface area contributed by atoms with Crippen LogP contribution in [0.1, 0.15) is 27.2 Å². The molecular formula is C18H21ClN4O. The van der Waals surface area contributed by atoms with Crippen molar-refractivity contribution >= 4 is 17.2 Å². The Morgan fingerprint density at radius 2 is 2.00 bits per heavy atom. The summed E-state index contributed by atoms with van der Waals surface area (Å²) in [5, 5.41) is 4.79. The van der Waals surface area contributed by atoms with Crippen LogP contribution in [0.25, 0.3) is 16.9 Å². The summed E-state index contributed by atoms with van der Waals surface area (Å²) in [5.41, 5.74) is 2.55. The van der Waals surface area contributed by atoms with E-state index < -0.39 is 0 Å². The highest BCUT2D eigenvalue weighted by Gasteiger charge is 2.12. The molecule has 6 heteroatoms. The largest absolute Gasteiger partial charge is 0.476 e. The average molecular weight is 345 g/mol. The average Bonchev–Trinajstić information content (AvgIpc) is 3.01. The maximum atomic E-state index is 6.36. The molecule has 0 spiro atoms. The number of rotatable bonds is 6. The number of pyridine rings is 1. The van der Waals surface area contributed by atoms with Gasteiger partial charge in [-0.25, -0.2) is 14.5 Å². The first-order valence-electron chi connectivity index (χ1n) is 8.12. The first kappa shape index (κ1) is 16.7. The zero-order chi connectivity index (χ0) is 17.1. The van der Waals surface area contributed by atoms with Crippen molar-refractivity contribution in [2.45, 2.75) is 27.2 Å². The summed E-state index contributed by atoms with van der Waals surface area (Å²) >= 11 is 6.36. The van der Waals surface area contributed by atoms with Gasteiger partial charge in [0.15, 0.2) is 5.65 Å². The van der Waals surface area contributed by atoms with Crippen LogP contribution in [0.3, 0.4) is 0 Å². The quantitative estimate of drug-likeness (QED) is 0.660. The minimum Gasteiger partial charge on any atom is -0.476 e. The second-order valence-corrected chi connectivity index (χ2v) is 6.90. The molecule has 1 atom stereocenters. The fourth-order valence-corrected chi connectivity index (χ4v) is 3.04. The molecule has 0 unspecified atom stereocenters. The maximum absolute atomic E-state index is 6.36. The Hall–Kier alpha value is -2.14. The zero-order valence-corrected chi connectivity index (χ0v) is 14.9. The first-order valence-corrected chi connectivity index (χ1v) is 8.50. The molecule has 0 aromatic carbocycles. The van der Waals surface area contributed by atoms with E-state index in [1.54, 1.807) is 23.1 Å². The van der Waals surface area contributed by atoms with Gasteiger partial charge in [-0.2, -0.15) is 5.10 Å². The predicted octanol–water partition coefficient (Wildman–Crippen LogP) is 4.51. The summed E-state index contributed by atoms with van der Waals surface area (Å²) < 4.78 is 7.55. The Labute approximate surface area is 146 Å². The van der Waals surface area contributed by atoms with Crippen LogP contribution in [0.15, 0.2) is 36.8 Å². The standard InChI is InChI=1S/C18H21ClN4O/c1-12(2)8-13(3)11-24-18-15(19)9-14(10-21-18)16-4-6-20-17-5-7-22-23(16)17/h4-7,9-10,12-13H,8,11H2,1-3H3/t13-/m1/s1. The van der Waals surface area contributed by atoms with E-state index in [-0.39, 0.29) is 0 Å². The minimum atomic E-state index is 0.464. The number of halogens is 1. The monoisotopic (exact) mass is 344 g/mol. The second-order valence-electron chi connectivity index (χ2n) is 6.49. The molecule has 126 valence electrons. The third kappa shape index (κ3) is 3.67. The van der Waals surface area contributed by atoms with Crippen molar-refractivity contribution in [3.63, 3.8) is 0 Å². The lowest BCUT2D eigenvalue weighted by molar-refractivity contribution is 0.231. The van der Waals surface area contributed by atoms with Gasteiger partial charge in [0, 0.05) is 24.0 Å². The number of fused-ring (bicyclic) bond motifs is 1. The van der Waals surface area contributed by atoms with Crippen molar-refractivity contribution in [3.8, 4) is 17.1 Å². The van der Waals surface area contributed by atoms with E-state index in [0.29, 0.717) is 29.3 Å².